The fourth-order valence-electron chi connectivity index (χ4n) is 3.64. The highest BCUT2D eigenvalue weighted by atomic mass is 35.5. The Kier molecular flexibility index (Phi) is 6.27. The van der Waals surface area contributed by atoms with Gasteiger partial charge in [-0.25, -0.2) is 0 Å². The van der Waals surface area contributed by atoms with E-state index < -0.39 is 0 Å². The zero-order valence-corrected chi connectivity index (χ0v) is 14.2. The van der Waals surface area contributed by atoms with Gasteiger partial charge in [-0.3, -0.25) is 4.79 Å². The minimum atomic E-state index is 0. The minimum absolute atomic E-state index is 0. The molecule has 1 amide bonds. The van der Waals surface area contributed by atoms with Crippen molar-refractivity contribution in [1.82, 2.24) is 10.2 Å². The van der Waals surface area contributed by atoms with Gasteiger partial charge in [0.1, 0.15) is 0 Å². The monoisotopic (exact) mass is 322 g/mol. The molecular formula is C18H27ClN2O. The summed E-state index contributed by atoms with van der Waals surface area (Å²) in [6.45, 7) is 4.72. The van der Waals surface area contributed by atoms with Crippen molar-refractivity contribution in [1.29, 1.82) is 0 Å². The summed E-state index contributed by atoms with van der Waals surface area (Å²) in [6.07, 6.45) is 6.70. The van der Waals surface area contributed by atoms with Crippen LogP contribution in [0.4, 0.5) is 0 Å². The molecule has 0 radical (unpaired) electrons. The van der Waals surface area contributed by atoms with E-state index in [1.54, 1.807) is 0 Å². The maximum absolute atomic E-state index is 12.6. The molecule has 1 aromatic carbocycles. The topological polar surface area (TPSA) is 32.3 Å². The molecule has 0 spiro atoms. The van der Waals surface area contributed by atoms with Gasteiger partial charge in [0.15, 0.2) is 0 Å². The number of hydrogen-bond donors (Lipinski definition) is 1. The van der Waals surface area contributed by atoms with Crippen molar-refractivity contribution in [2.45, 2.75) is 51.0 Å². The fourth-order valence-corrected chi connectivity index (χ4v) is 3.64. The van der Waals surface area contributed by atoms with Crippen molar-refractivity contribution >= 4 is 18.3 Å². The Hall–Kier alpha value is -1.06. The van der Waals surface area contributed by atoms with E-state index in [1.165, 1.54) is 37.7 Å². The van der Waals surface area contributed by atoms with Gasteiger partial charge in [0.25, 0.3) is 5.91 Å². The summed E-state index contributed by atoms with van der Waals surface area (Å²) in [7, 11) is 0. The van der Waals surface area contributed by atoms with Crippen LogP contribution in [0, 0.1) is 0 Å². The van der Waals surface area contributed by atoms with Gasteiger partial charge in [-0.15, -0.1) is 12.4 Å². The van der Waals surface area contributed by atoms with Crippen molar-refractivity contribution in [3.63, 3.8) is 0 Å². The van der Waals surface area contributed by atoms with Crippen LogP contribution in [-0.4, -0.2) is 36.5 Å². The lowest BCUT2D eigenvalue weighted by Gasteiger charge is -2.34. The summed E-state index contributed by atoms with van der Waals surface area (Å²) < 4.78 is 0. The summed E-state index contributed by atoms with van der Waals surface area (Å²) in [5, 5.41) is 3.33. The molecule has 0 unspecified atom stereocenters. The Bertz CT molecular complexity index is 482. The van der Waals surface area contributed by atoms with Crippen LogP contribution in [0.15, 0.2) is 24.3 Å². The van der Waals surface area contributed by atoms with Crippen LogP contribution < -0.4 is 5.32 Å². The quantitative estimate of drug-likeness (QED) is 0.902. The molecule has 122 valence electrons. The van der Waals surface area contributed by atoms with E-state index in [0.29, 0.717) is 5.92 Å². The summed E-state index contributed by atoms with van der Waals surface area (Å²) >= 11 is 0. The number of benzene rings is 1. The Morgan fingerprint density at radius 2 is 1.82 bits per heavy atom. The predicted octanol–water partition coefficient (Wildman–Crippen LogP) is 3.59. The molecule has 0 bridgehead atoms. The fraction of sp³-hybridized carbons (Fsp3) is 0.611. The summed E-state index contributed by atoms with van der Waals surface area (Å²) in [5.74, 6) is 0.889. The molecule has 2 fully saturated rings. The van der Waals surface area contributed by atoms with Gasteiger partial charge in [-0.2, -0.15) is 0 Å². The van der Waals surface area contributed by atoms with Crippen LogP contribution in [-0.2, 0) is 0 Å². The Morgan fingerprint density at radius 3 is 2.45 bits per heavy atom. The van der Waals surface area contributed by atoms with Crippen LogP contribution in [0.25, 0.3) is 0 Å². The van der Waals surface area contributed by atoms with E-state index in [4.69, 9.17) is 0 Å². The Morgan fingerprint density at radius 1 is 1.14 bits per heavy atom. The summed E-state index contributed by atoms with van der Waals surface area (Å²) in [5.41, 5.74) is 2.25. The Balaban J connectivity index is 0.00000176. The average molecular weight is 323 g/mol. The van der Waals surface area contributed by atoms with Gasteiger partial charge in [0, 0.05) is 31.2 Å². The van der Waals surface area contributed by atoms with E-state index in [0.717, 1.165) is 25.2 Å². The molecule has 1 atom stereocenters. The van der Waals surface area contributed by atoms with Crippen molar-refractivity contribution < 1.29 is 4.79 Å². The van der Waals surface area contributed by atoms with Crippen LogP contribution in [0.1, 0.15) is 60.9 Å². The summed E-state index contributed by atoms with van der Waals surface area (Å²) in [6, 6.07) is 8.69. The smallest absolute Gasteiger partial charge is 0.254 e. The molecule has 1 aliphatic heterocycles. The maximum atomic E-state index is 12.6. The molecule has 1 saturated carbocycles. The van der Waals surface area contributed by atoms with Crippen LogP contribution in [0.3, 0.4) is 0 Å². The van der Waals surface area contributed by atoms with Crippen LogP contribution in [0.5, 0.6) is 0 Å². The van der Waals surface area contributed by atoms with Crippen molar-refractivity contribution in [3.05, 3.63) is 35.4 Å². The van der Waals surface area contributed by atoms with Gasteiger partial charge in [-0.05, 0) is 43.4 Å². The SMILES string of the molecule is C[C@H]1CNCCN1C(=O)c1ccc(C2CCCCC2)cc1.Cl. The van der Waals surface area contributed by atoms with Crippen molar-refractivity contribution in [3.8, 4) is 0 Å². The van der Waals surface area contributed by atoms with Crippen LogP contribution in [0.2, 0.25) is 0 Å². The number of carbonyl (C=O) groups is 1. The van der Waals surface area contributed by atoms with Gasteiger partial charge < -0.3 is 10.2 Å². The molecule has 0 aromatic heterocycles. The standard InChI is InChI=1S/C18H26N2O.ClH/c1-14-13-19-11-12-20(14)18(21)17-9-7-16(8-10-17)15-5-3-2-4-6-15;/h7-10,14-15,19H,2-6,11-13H2,1H3;1H/t14-;/m0./s1. The molecule has 3 rings (SSSR count). The maximum Gasteiger partial charge on any atom is 0.254 e. The molecule has 22 heavy (non-hydrogen) atoms. The third-order valence-electron chi connectivity index (χ3n) is 5.00. The summed E-state index contributed by atoms with van der Waals surface area (Å²) in [4.78, 5) is 14.6. The van der Waals surface area contributed by atoms with E-state index in [9.17, 15) is 4.79 Å². The first-order valence-corrected chi connectivity index (χ1v) is 8.37. The number of amides is 1. The first kappa shape index (κ1) is 17.3. The molecule has 1 aromatic rings. The third kappa shape index (κ3) is 3.82. The first-order valence-electron chi connectivity index (χ1n) is 8.37. The number of nitrogens with one attached hydrogen (secondary N) is 1. The largest absolute Gasteiger partial charge is 0.333 e. The van der Waals surface area contributed by atoms with Gasteiger partial charge in [0.2, 0.25) is 0 Å². The second-order valence-electron chi connectivity index (χ2n) is 6.51. The van der Waals surface area contributed by atoms with Crippen LogP contribution >= 0.6 is 12.4 Å². The number of halogens is 1. The van der Waals surface area contributed by atoms with E-state index in [-0.39, 0.29) is 24.4 Å². The third-order valence-corrected chi connectivity index (χ3v) is 5.00. The minimum Gasteiger partial charge on any atom is -0.333 e. The molecule has 1 saturated heterocycles. The molecule has 1 heterocycles. The number of nitrogens with zero attached hydrogens (tertiary/aromatic N) is 1. The van der Waals surface area contributed by atoms with E-state index in [1.807, 2.05) is 17.0 Å². The van der Waals surface area contributed by atoms with E-state index >= 15 is 0 Å². The zero-order chi connectivity index (χ0) is 14.7. The van der Waals surface area contributed by atoms with Gasteiger partial charge in [0.05, 0.1) is 0 Å². The Labute approximate surface area is 139 Å². The molecule has 2 aliphatic rings. The van der Waals surface area contributed by atoms with E-state index in [2.05, 4.69) is 24.4 Å². The number of piperazine rings is 1. The molecule has 3 nitrogen and oxygen atoms in total. The lowest BCUT2D eigenvalue weighted by Crippen LogP contribution is -2.52. The lowest BCUT2D eigenvalue weighted by molar-refractivity contribution is 0.0655. The van der Waals surface area contributed by atoms with Crippen molar-refractivity contribution in [2.75, 3.05) is 19.6 Å². The van der Waals surface area contributed by atoms with Gasteiger partial charge >= 0.3 is 0 Å². The number of hydrogen-bond acceptors (Lipinski definition) is 2. The van der Waals surface area contributed by atoms with Crippen molar-refractivity contribution in [2.24, 2.45) is 0 Å². The molecule has 1 N–H and O–H groups in total. The predicted molar refractivity (Wildman–Crippen MR) is 92.9 cm³/mol. The zero-order valence-electron chi connectivity index (χ0n) is 13.4. The highest BCUT2D eigenvalue weighted by Gasteiger charge is 2.24. The van der Waals surface area contributed by atoms with Gasteiger partial charge in [-0.1, -0.05) is 31.4 Å². The second-order valence-corrected chi connectivity index (χ2v) is 6.51. The average Bonchev–Trinajstić information content (AvgIpc) is 2.56. The molecule has 4 heteroatoms. The lowest BCUT2D eigenvalue weighted by atomic mass is 9.84. The number of carbonyl (C=O) groups excluding carboxylic acids is 1. The highest BCUT2D eigenvalue weighted by Crippen LogP contribution is 2.32. The molecule has 1 aliphatic carbocycles. The second kappa shape index (κ2) is 7.98. The first-order chi connectivity index (χ1) is 10.3. The molecular weight excluding hydrogens is 296 g/mol. The highest BCUT2D eigenvalue weighted by molar-refractivity contribution is 5.94. The normalized spacial score (nSPS) is 23.0. The number of rotatable bonds is 2.